The van der Waals surface area contributed by atoms with Crippen LogP contribution < -0.4 is 11.3 Å². The molecule has 2 aromatic rings. The van der Waals surface area contributed by atoms with Gasteiger partial charge in [-0.05, 0) is 31.4 Å². The molecular formula is C14H16N4. The van der Waals surface area contributed by atoms with Crippen molar-refractivity contribution in [3.05, 3.63) is 52.5 Å². The fraction of sp³-hybridized carbons (Fsp3) is 0.286. The second-order valence-corrected chi connectivity index (χ2v) is 4.74. The lowest BCUT2D eigenvalue weighted by molar-refractivity contribution is 0.656. The number of hydrazine groups is 1. The summed E-state index contributed by atoms with van der Waals surface area (Å²) in [5.74, 6) is 7.40. The number of anilines is 1. The molecule has 1 atom stereocenters. The van der Waals surface area contributed by atoms with E-state index in [1.807, 2.05) is 13.8 Å². The standard InChI is InChI=1S/C14H16N4/c1-8-9(2)16-14(17-13(8)18-15)12-7-10-5-3-4-6-11(10)12/h3-6,12H,7,15H2,1-2H3,(H,16,17,18). The molecule has 0 amide bonds. The minimum atomic E-state index is 0.313. The van der Waals surface area contributed by atoms with Crippen molar-refractivity contribution < 1.29 is 0 Å². The van der Waals surface area contributed by atoms with E-state index in [4.69, 9.17) is 5.84 Å². The van der Waals surface area contributed by atoms with Crippen molar-refractivity contribution in [2.75, 3.05) is 5.43 Å². The zero-order chi connectivity index (χ0) is 12.7. The summed E-state index contributed by atoms with van der Waals surface area (Å²) in [6.45, 7) is 3.97. The van der Waals surface area contributed by atoms with E-state index < -0.39 is 0 Å². The highest BCUT2D eigenvalue weighted by molar-refractivity contribution is 5.48. The molecule has 1 aromatic carbocycles. The van der Waals surface area contributed by atoms with Gasteiger partial charge in [-0.3, -0.25) is 0 Å². The third kappa shape index (κ3) is 1.57. The summed E-state index contributed by atoms with van der Waals surface area (Å²) in [5.41, 5.74) is 7.38. The maximum absolute atomic E-state index is 5.50. The van der Waals surface area contributed by atoms with Gasteiger partial charge >= 0.3 is 0 Å². The van der Waals surface area contributed by atoms with Crippen LogP contribution in [0.1, 0.15) is 34.1 Å². The Balaban J connectivity index is 2.03. The van der Waals surface area contributed by atoms with Gasteiger partial charge in [0.2, 0.25) is 0 Å². The first-order chi connectivity index (χ1) is 8.70. The highest BCUT2D eigenvalue weighted by Crippen LogP contribution is 2.38. The van der Waals surface area contributed by atoms with E-state index in [1.165, 1.54) is 11.1 Å². The molecule has 4 heteroatoms. The Morgan fingerprint density at radius 2 is 2.00 bits per heavy atom. The minimum absolute atomic E-state index is 0.313. The zero-order valence-electron chi connectivity index (χ0n) is 10.6. The van der Waals surface area contributed by atoms with Gasteiger partial charge in [0.05, 0.1) is 0 Å². The number of nitrogens with one attached hydrogen (secondary N) is 1. The van der Waals surface area contributed by atoms with Crippen molar-refractivity contribution in [2.24, 2.45) is 5.84 Å². The smallest absolute Gasteiger partial charge is 0.146 e. The highest BCUT2D eigenvalue weighted by atomic mass is 15.3. The number of nitrogen functional groups attached to an aromatic ring is 1. The molecule has 0 radical (unpaired) electrons. The second-order valence-electron chi connectivity index (χ2n) is 4.74. The molecule has 92 valence electrons. The number of hydrogen-bond acceptors (Lipinski definition) is 4. The van der Waals surface area contributed by atoms with Gasteiger partial charge in [-0.25, -0.2) is 15.8 Å². The Morgan fingerprint density at radius 1 is 1.22 bits per heavy atom. The highest BCUT2D eigenvalue weighted by Gasteiger charge is 2.29. The molecule has 18 heavy (non-hydrogen) atoms. The molecule has 0 bridgehead atoms. The van der Waals surface area contributed by atoms with Gasteiger partial charge in [0, 0.05) is 17.2 Å². The third-order valence-corrected chi connectivity index (χ3v) is 3.71. The van der Waals surface area contributed by atoms with Crippen molar-refractivity contribution in [3.8, 4) is 0 Å². The molecule has 3 N–H and O–H groups in total. The van der Waals surface area contributed by atoms with Crippen LogP contribution in [0, 0.1) is 13.8 Å². The summed E-state index contributed by atoms with van der Waals surface area (Å²) in [4.78, 5) is 9.12. The zero-order valence-corrected chi connectivity index (χ0v) is 10.6. The van der Waals surface area contributed by atoms with Crippen molar-refractivity contribution >= 4 is 5.82 Å². The summed E-state index contributed by atoms with van der Waals surface area (Å²) in [6, 6.07) is 8.45. The lowest BCUT2D eigenvalue weighted by atomic mass is 9.77. The van der Waals surface area contributed by atoms with Gasteiger partial charge in [0.15, 0.2) is 0 Å². The number of nitrogens with two attached hydrogens (primary N) is 1. The van der Waals surface area contributed by atoms with E-state index in [9.17, 15) is 0 Å². The van der Waals surface area contributed by atoms with Gasteiger partial charge in [0.1, 0.15) is 11.6 Å². The molecule has 1 heterocycles. The van der Waals surface area contributed by atoms with Gasteiger partial charge in [-0.1, -0.05) is 24.3 Å². The summed E-state index contributed by atoms with van der Waals surface area (Å²) < 4.78 is 0. The monoisotopic (exact) mass is 240 g/mol. The molecule has 0 aliphatic heterocycles. The molecule has 3 rings (SSSR count). The fourth-order valence-corrected chi connectivity index (χ4v) is 2.44. The van der Waals surface area contributed by atoms with Crippen LogP contribution in [0.15, 0.2) is 24.3 Å². The molecule has 0 saturated heterocycles. The Kier molecular flexibility index (Phi) is 2.52. The lowest BCUT2D eigenvalue weighted by Crippen LogP contribution is -2.22. The van der Waals surface area contributed by atoms with Crippen molar-refractivity contribution in [1.29, 1.82) is 0 Å². The summed E-state index contributed by atoms with van der Waals surface area (Å²) in [6.07, 6.45) is 1.02. The van der Waals surface area contributed by atoms with Crippen molar-refractivity contribution in [1.82, 2.24) is 9.97 Å². The molecular weight excluding hydrogens is 224 g/mol. The van der Waals surface area contributed by atoms with Crippen LogP contribution in [-0.2, 0) is 6.42 Å². The average molecular weight is 240 g/mol. The second kappa shape index (κ2) is 4.07. The topological polar surface area (TPSA) is 63.8 Å². The van der Waals surface area contributed by atoms with Crippen LogP contribution in [0.2, 0.25) is 0 Å². The average Bonchev–Trinajstić information content (AvgIpc) is 2.35. The molecule has 4 nitrogen and oxygen atoms in total. The van der Waals surface area contributed by atoms with Crippen LogP contribution in [0.5, 0.6) is 0 Å². The van der Waals surface area contributed by atoms with Crippen molar-refractivity contribution in [3.63, 3.8) is 0 Å². The van der Waals surface area contributed by atoms with Crippen molar-refractivity contribution in [2.45, 2.75) is 26.2 Å². The number of aryl methyl sites for hydroxylation is 1. The van der Waals surface area contributed by atoms with E-state index in [1.54, 1.807) is 0 Å². The van der Waals surface area contributed by atoms with E-state index >= 15 is 0 Å². The molecule has 1 aromatic heterocycles. The number of hydrogen-bond donors (Lipinski definition) is 2. The van der Waals surface area contributed by atoms with Crippen LogP contribution in [-0.4, -0.2) is 9.97 Å². The SMILES string of the molecule is Cc1nc(C2Cc3ccccc32)nc(NN)c1C. The normalized spacial score (nSPS) is 16.9. The number of fused-ring (bicyclic) bond motifs is 1. The Bertz CT molecular complexity index is 607. The van der Waals surface area contributed by atoms with Gasteiger partial charge in [-0.15, -0.1) is 0 Å². The fourth-order valence-electron chi connectivity index (χ4n) is 2.44. The Morgan fingerprint density at radius 3 is 2.72 bits per heavy atom. The Hall–Kier alpha value is -1.94. The van der Waals surface area contributed by atoms with Crippen LogP contribution in [0.4, 0.5) is 5.82 Å². The molecule has 1 unspecified atom stereocenters. The van der Waals surface area contributed by atoms with Crippen LogP contribution in [0.25, 0.3) is 0 Å². The van der Waals surface area contributed by atoms with E-state index in [2.05, 4.69) is 39.7 Å². The van der Waals surface area contributed by atoms with Gasteiger partial charge in [0.25, 0.3) is 0 Å². The molecule has 0 saturated carbocycles. The maximum atomic E-state index is 5.50. The molecule has 0 spiro atoms. The third-order valence-electron chi connectivity index (χ3n) is 3.71. The number of aromatic nitrogens is 2. The van der Waals surface area contributed by atoms with Gasteiger partial charge < -0.3 is 5.43 Å². The first-order valence-corrected chi connectivity index (χ1v) is 6.10. The van der Waals surface area contributed by atoms with Gasteiger partial charge in [-0.2, -0.15) is 0 Å². The first kappa shape index (κ1) is 11.2. The lowest BCUT2D eigenvalue weighted by Gasteiger charge is -2.29. The number of rotatable bonds is 2. The first-order valence-electron chi connectivity index (χ1n) is 6.10. The molecule has 1 aliphatic rings. The summed E-state index contributed by atoms with van der Waals surface area (Å²) in [5, 5.41) is 0. The Labute approximate surface area is 106 Å². The molecule has 0 fully saturated rings. The van der Waals surface area contributed by atoms with E-state index in [0.717, 1.165) is 29.3 Å². The molecule has 1 aliphatic carbocycles. The maximum Gasteiger partial charge on any atom is 0.146 e. The number of nitrogens with zero attached hydrogens (tertiary/aromatic N) is 2. The minimum Gasteiger partial charge on any atom is -0.308 e. The number of benzene rings is 1. The summed E-state index contributed by atoms with van der Waals surface area (Å²) >= 11 is 0. The summed E-state index contributed by atoms with van der Waals surface area (Å²) in [7, 11) is 0. The quantitative estimate of drug-likeness (QED) is 0.623. The van der Waals surface area contributed by atoms with Crippen LogP contribution in [0.3, 0.4) is 0 Å². The van der Waals surface area contributed by atoms with Crippen LogP contribution >= 0.6 is 0 Å². The predicted octanol–water partition coefficient (Wildman–Crippen LogP) is 2.07. The van der Waals surface area contributed by atoms with E-state index in [-0.39, 0.29) is 0 Å². The van der Waals surface area contributed by atoms with E-state index in [0.29, 0.717) is 5.92 Å². The largest absolute Gasteiger partial charge is 0.308 e. The predicted molar refractivity (Wildman–Crippen MR) is 71.3 cm³/mol.